The minimum atomic E-state index is -1.14. The van der Waals surface area contributed by atoms with Gasteiger partial charge in [-0.05, 0) is 18.2 Å². The molecule has 0 unspecified atom stereocenters. The van der Waals surface area contributed by atoms with Crippen LogP contribution < -0.4 is 4.74 Å². The summed E-state index contributed by atoms with van der Waals surface area (Å²) in [7, 11) is 0. The molecule has 94 valence electrons. The number of aromatic nitrogens is 1. The molecule has 1 aromatic carbocycles. The standard InChI is InChI=1S/C13H7ClN2O3/c14-9-2-1-8(6-15)11(5-9)19-12-7-16-4-3-10(12)13(17)18/h1-5,7H,(H,17,18). The molecule has 0 saturated heterocycles. The van der Waals surface area contributed by atoms with Gasteiger partial charge in [0.2, 0.25) is 0 Å². The van der Waals surface area contributed by atoms with E-state index in [1.54, 1.807) is 6.07 Å². The zero-order valence-corrected chi connectivity index (χ0v) is 10.3. The summed E-state index contributed by atoms with van der Waals surface area (Å²) in [4.78, 5) is 14.8. The lowest BCUT2D eigenvalue weighted by molar-refractivity contribution is 0.0694. The average Bonchev–Trinajstić information content (AvgIpc) is 2.39. The van der Waals surface area contributed by atoms with Crippen molar-refractivity contribution >= 4 is 17.6 Å². The number of aromatic carboxylic acids is 1. The van der Waals surface area contributed by atoms with E-state index in [4.69, 9.17) is 26.7 Å². The van der Waals surface area contributed by atoms with Gasteiger partial charge in [0.1, 0.15) is 17.4 Å². The van der Waals surface area contributed by atoms with Gasteiger partial charge >= 0.3 is 5.97 Å². The largest absolute Gasteiger partial charge is 0.478 e. The second-order valence-electron chi connectivity index (χ2n) is 3.53. The van der Waals surface area contributed by atoms with E-state index in [1.807, 2.05) is 6.07 Å². The Morgan fingerprint density at radius 1 is 1.37 bits per heavy atom. The van der Waals surface area contributed by atoms with Gasteiger partial charge in [0.05, 0.1) is 11.8 Å². The molecule has 2 aromatic rings. The highest BCUT2D eigenvalue weighted by atomic mass is 35.5. The topological polar surface area (TPSA) is 83.2 Å². The fourth-order valence-electron chi connectivity index (χ4n) is 1.43. The van der Waals surface area contributed by atoms with Crippen LogP contribution in [0.1, 0.15) is 15.9 Å². The van der Waals surface area contributed by atoms with E-state index in [0.717, 1.165) is 0 Å². The van der Waals surface area contributed by atoms with Crippen LogP contribution in [0.25, 0.3) is 0 Å². The Hall–Kier alpha value is -2.58. The van der Waals surface area contributed by atoms with Gasteiger partial charge in [0.15, 0.2) is 5.75 Å². The van der Waals surface area contributed by atoms with Crippen LogP contribution in [0.2, 0.25) is 5.02 Å². The molecule has 0 aliphatic carbocycles. The van der Waals surface area contributed by atoms with Crippen LogP contribution in [0.5, 0.6) is 11.5 Å². The maximum Gasteiger partial charge on any atom is 0.339 e. The van der Waals surface area contributed by atoms with Crippen LogP contribution in [-0.4, -0.2) is 16.1 Å². The second-order valence-corrected chi connectivity index (χ2v) is 3.97. The molecule has 2 rings (SSSR count). The van der Waals surface area contributed by atoms with Crippen LogP contribution in [-0.2, 0) is 0 Å². The van der Waals surface area contributed by atoms with E-state index in [-0.39, 0.29) is 22.6 Å². The number of nitriles is 1. The Balaban J connectivity index is 2.45. The third-order valence-corrected chi connectivity index (χ3v) is 2.53. The minimum Gasteiger partial charge on any atom is -0.478 e. The molecule has 0 atom stereocenters. The number of carboxylic acid groups (broad SMARTS) is 1. The maximum absolute atomic E-state index is 11.0. The first-order valence-corrected chi connectivity index (χ1v) is 5.54. The van der Waals surface area contributed by atoms with Gasteiger partial charge in [-0.2, -0.15) is 5.26 Å². The van der Waals surface area contributed by atoms with Crippen molar-refractivity contribution in [2.24, 2.45) is 0 Å². The first-order chi connectivity index (χ1) is 9.11. The molecule has 0 radical (unpaired) electrons. The summed E-state index contributed by atoms with van der Waals surface area (Å²) in [6, 6.07) is 7.74. The molecule has 0 aliphatic rings. The first kappa shape index (κ1) is 12.9. The van der Waals surface area contributed by atoms with E-state index >= 15 is 0 Å². The Morgan fingerprint density at radius 2 is 2.16 bits per heavy atom. The van der Waals surface area contributed by atoms with E-state index < -0.39 is 5.97 Å². The highest BCUT2D eigenvalue weighted by molar-refractivity contribution is 6.30. The average molecular weight is 275 g/mol. The molecule has 0 fully saturated rings. The van der Waals surface area contributed by atoms with Gasteiger partial charge in [0.25, 0.3) is 0 Å². The maximum atomic E-state index is 11.0. The molecule has 0 saturated carbocycles. The number of rotatable bonds is 3. The van der Waals surface area contributed by atoms with E-state index in [2.05, 4.69) is 4.98 Å². The van der Waals surface area contributed by atoms with Gasteiger partial charge in [-0.1, -0.05) is 11.6 Å². The third-order valence-electron chi connectivity index (χ3n) is 2.30. The van der Waals surface area contributed by atoms with Crippen molar-refractivity contribution in [2.75, 3.05) is 0 Å². The molecule has 5 nitrogen and oxygen atoms in total. The van der Waals surface area contributed by atoms with E-state index in [9.17, 15) is 4.79 Å². The fraction of sp³-hybridized carbons (Fsp3) is 0. The molecule has 1 N–H and O–H groups in total. The van der Waals surface area contributed by atoms with Gasteiger partial charge in [0, 0.05) is 17.3 Å². The van der Waals surface area contributed by atoms with E-state index in [1.165, 1.54) is 30.6 Å². The van der Waals surface area contributed by atoms with Gasteiger partial charge in [-0.25, -0.2) is 4.79 Å². The normalized spacial score (nSPS) is 9.68. The summed E-state index contributed by atoms with van der Waals surface area (Å²) in [6.07, 6.45) is 2.62. The summed E-state index contributed by atoms with van der Waals surface area (Å²) in [5.74, 6) is -0.905. The van der Waals surface area contributed by atoms with Crippen LogP contribution in [0.4, 0.5) is 0 Å². The zero-order chi connectivity index (χ0) is 13.8. The van der Waals surface area contributed by atoms with E-state index in [0.29, 0.717) is 5.02 Å². The summed E-state index contributed by atoms with van der Waals surface area (Å²) < 4.78 is 5.42. The van der Waals surface area contributed by atoms with Crippen molar-refractivity contribution in [3.63, 3.8) is 0 Å². The Bertz CT molecular complexity index is 680. The molecular weight excluding hydrogens is 268 g/mol. The number of carboxylic acids is 1. The summed E-state index contributed by atoms with van der Waals surface area (Å²) >= 11 is 5.82. The number of hydrogen-bond donors (Lipinski definition) is 1. The quantitative estimate of drug-likeness (QED) is 0.930. The van der Waals surface area contributed by atoms with Crippen molar-refractivity contribution in [1.82, 2.24) is 4.98 Å². The van der Waals surface area contributed by atoms with Gasteiger partial charge in [-0.15, -0.1) is 0 Å². The number of pyridine rings is 1. The van der Waals surface area contributed by atoms with Crippen molar-refractivity contribution < 1.29 is 14.6 Å². The van der Waals surface area contributed by atoms with Crippen LogP contribution in [0.15, 0.2) is 36.7 Å². The highest BCUT2D eigenvalue weighted by Gasteiger charge is 2.13. The molecule has 1 aromatic heterocycles. The van der Waals surface area contributed by atoms with Crippen molar-refractivity contribution in [3.8, 4) is 17.6 Å². The summed E-state index contributed by atoms with van der Waals surface area (Å²) in [6.45, 7) is 0. The van der Waals surface area contributed by atoms with Crippen LogP contribution >= 0.6 is 11.6 Å². The lowest BCUT2D eigenvalue weighted by Gasteiger charge is -2.09. The smallest absolute Gasteiger partial charge is 0.339 e. The zero-order valence-electron chi connectivity index (χ0n) is 9.50. The monoisotopic (exact) mass is 274 g/mol. The number of carbonyl (C=O) groups is 1. The van der Waals surface area contributed by atoms with Crippen molar-refractivity contribution in [1.29, 1.82) is 5.26 Å². The minimum absolute atomic E-state index is 0.0427. The lowest BCUT2D eigenvalue weighted by Crippen LogP contribution is -2.01. The SMILES string of the molecule is N#Cc1ccc(Cl)cc1Oc1cnccc1C(=O)O. The number of benzene rings is 1. The molecule has 0 bridgehead atoms. The summed E-state index contributed by atoms with van der Waals surface area (Å²) in [5, 5.41) is 18.4. The first-order valence-electron chi connectivity index (χ1n) is 5.16. The number of hydrogen-bond acceptors (Lipinski definition) is 4. The molecule has 0 amide bonds. The van der Waals surface area contributed by atoms with Gasteiger partial charge < -0.3 is 9.84 Å². The fourth-order valence-corrected chi connectivity index (χ4v) is 1.59. The highest BCUT2D eigenvalue weighted by Crippen LogP contribution is 2.29. The lowest BCUT2D eigenvalue weighted by atomic mass is 10.2. The molecule has 19 heavy (non-hydrogen) atoms. The number of ether oxygens (including phenoxy) is 1. The Morgan fingerprint density at radius 3 is 2.84 bits per heavy atom. The Labute approximate surface area is 113 Å². The summed E-state index contributed by atoms with van der Waals surface area (Å²) in [5.41, 5.74) is 0.212. The van der Waals surface area contributed by atoms with Crippen LogP contribution in [0.3, 0.4) is 0 Å². The van der Waals surface area contributed by atoms with Crippen LogP contribution in [0, 0.1) is 11.3 Å². The molecule has 1 heterocycles. The molecule has 0 aliphatic heterocycles. The van der Waals surface area contributed by atoms with Gasteiger partial charge in [-0.3, -0.25) is 4.98 Å². The van der Waals surface area contributed by atoms with Crippen molar-refractivity contribution in [2.45, 2.75) is 0 Å². The predicted octanol–water partition coefficient (Wildman–Crippen LogP) is 3.10. The third kappa shape index (κ3) is 2.81. The molecule has 0 spiro atoms. The second kappa shape index (κ2) is 5.38. The van der Waals surface area contributed by atoms with Crippen molar-refractivity contribution in [3.05, 3.63) is 52.8 Å². The molecular formula is C13H7ClN2O3. The molecule has 6 heteroatoms. The number of halogens is 1. The Kier molecular flexibility index (Phi) is 3.64. The predicted molar refractivity (Wildman–Crippen MR) is 67.4 cm³/mol. The number of nitrogens with zero attached hydrogens (tertiary/aromatic N) is 2.